The maximum absolute atomic E-state index is 13.1. The molecule has 0 radical (unpaired) electrons. The van der Waals surface area contributed by atoms with Gasteiger partial charge in [-0.2, -0.15) is 13.2 Å². The van der Waals surface area contributed by atoms with E-state index in [9.17, 15) is 22.8 Å². The predicted molar refractivity (Wildman–Crippen MR) is 115 cm³/mol. The number of nitrogens with zero attached hydrogens (tertiary/aromatic N) is 4. The van der Waals surface area contributed by atoms with Crippen LogP contribution in [0.5, 0.6) is 0 Å². The monoisotopic (exact) mass is 469 g/mol. The minimum Gasteiger partial charge on any atom is -0.310 e. The topological polar surface area (TPSA) is 78.4 Å². The first-order valence-electron chi connectivity index (χ1n) is 9.99. The number of amides is 3. The van der Waals surface area contributed by atoms with Crippen molar-refractivity contribution in [3.05, 3.63) is 46.9 Å². The first kappa shape index (κ1) is 23.8. The standard InChI is InChI=1S/C21H23ClF3N5O2/c1-12(2)6-15-10-29(14-4-5-17(26-8-14)21(23,24)25)20(32)30(15)11-19(31)28-18-7-13(3)16(22)9-27-18/h4-5,7-9,12,15H,6,10-11H2,1-3H3,(H,27,28,31)/t15-/m0/s1. The highest BCUT2D eigenvalue weighted by atomic mass is 35.5. The van der Waals surface area contributed by atoms with Crippen molar-refractivity contribution < 1.29 is 22.8 Å². The Balaban J connectivity index is 1.76. The molecule has 0 aliphatic carbocycles. The third-order valence-corrected chi connectivity index (χ3v) is 5.43. The molecule has 1 atom stereocenters. The Morgan fingerprint density at radius 1 is 1.28 bits per heavy atom. The van der Waals surface area contributed by atoms with Crippen LogP contribution < -0.4 is 10.2 Å². The second kappa shape index (κ2) is 9.32. The normalized spacial score (nSPS) is 16.8. The van der Waals surface area contributed by atoms with E-state index in [1.165, 1.54) is 22.1 Å². The van der Waals surface area contributed by atoms with Crippen molar-refractivity contribution in [1.82, 2.24) is 14.9 Å². The Kier molecular flexibility index (Phi) is 6.92. The average molecular weight is 470 g/mol. The van der Waals surface area contributed by atoms with Crippen LogP contribution in [-0.2, 0) is 11.0 Å². The van der Waals surface area contributed by atoms with E-state index in [1.807, 2.05) is 13.8 Å². The molecular weight excluding hydrogens is 447 g/mol. The molecule has 0 bridgehead atoms. The average Bonchev–Trinajstić information content (AvgIpc) is 2.99. The molecule has 172 valence electrons. The second-order valence-electron chi connectivity index (χ2n) is 8.07. The highest BCUT2D eigenvalue weighted by Crippen LogP contribution is 2.31. The van der Waals surface area contributed by atoms with Gasteiger partial charge in [-0.1, -0.05) is 25.4 Å². The van der Waals surface area contributed by atoms with Crippen LogP contribution in [0.15, 0.2) is 30.6 Å². The molecule has 32 heavy (non-hydrogen) atoms. The number of carbonyl (C=O) groups excluding carboxylic acids is 2. The lowest BCUT2D eigenvalue weighted by Crippen LogP contribution is -2.41. The van der Waals surface area contributed by atoms with Crippen LogP contribution in [0.1, 0.15) is 31.5 Å². The van der Waals surface area contributed by atoms with E-state index >= 15 is 0 Å². The zero-order valence-corrected chi connectivity index (χ0v) is 18.5. The van der Waals surface area contributed by atoms with Crippen LogP contribution in [0, 0.1) is 12.8 Å². The lowest BCUT2D eigenvalue weighted by atomic mass is 10.0. The summed E-state index contributed by atoms with van der Waals surface area (Å²) in [6.45, 7) is 5.79. The summed E-state index contributed by atoms with van der Waals surface area (Å²) in [5.74, 6) is 0.117. The molecule has 1 fully saturated rings. The van der Waals surface area contributed by atoms with E-state index in [2.05, 4.69) is 15.3 Å². The SMILES string of the molecule is Cc1cc(NC(=O)CN2C(=O)N(c3ccc(C(F)(F)F)nc3)C[C@@H]2CC(C)C)ncc1Cl. The molecule has 2 aromatic rings. The number of hydrogen-bond acceptors (Lipinski definition) is 4. The molecule has 1 aliphatic rings. The number of anilines is 2. The van der Waals surface area contributed by atoms with Crippen LogP contribution in [-0.4, -0.2) is 45.9 Å². The van der Waals surface area contributed by atoms with E-state index in [4.69, 9.17) is 11.6 Å². The van der Waals surface area contributed by atoms with Gasteiger partial charge < -0.3 is 10.2 Å². The number of urea groups is 1. The predicted octanol–water partition coefficient (Wildman–Crippen LogP) is 4.75. The van der Waals surface area contributed by atoms with Gasteiger partial charge in [0.05, 0.1) is 22.9 Å². The van der Waals surface area contributed by atoms with Gasteiger partial charge in [0.25, 0.3) is 0 Å². The summed E-state index contributed by atoms with van der Waals surface area (Å²) >= 11 is 5.95. The molecule has 0 aromatic carbocycles. The molecular formula is C21H23ClF3N5O2. The molecule has 1 N–H and O–H groups in total. The molecule has 1 aliphatic heterocycles. The fraction of sp³-hybridized carbons (Fsp3) is 0.429. The molecule has 2 aromatic heterocycles. The highest BCUT2D eigenvalue weighted by molar-refractivity contribution is 6.31. The van der Waals surface area contributed by atoms with Crippen molar-refractivity contribution in [3.8, 4) is 0 Å². The van der Waals surface area contributed by atoms with Gasteiger partial charge in [0.1, 0.15) is 18.1 Å². The summed E-state index contributed by atoms with van der Waals surface area (Å²) in [5, 5.41) is 3.12. The smallest absolute Gasteiger partial charge is 0.310 e. The number of alkyl halides is 3. The third kappa shape index (κ3) is 5.48. The van der Waals surface area contributed by atoms with Crippen molar-refractivity contribution in [2.75, 3.05) is 23.3 Å². The lowest BCUT2D eigenvalue weighted by Gasteiger charge is -2.23. The minimum atomic E-state index is -4.56. The van der Waals surface area contributed by atoms with Crippen molar-refractivity contribution in [2.24, 2.45) is 5.92 Å². The Morgan fingerprint density at radius 3 is 2.56 bits per heavy atom. The molecule has 11 heteroatoms. The molecule has 0 unspecified atom stereocenters. The Labute approximate surface area is 188 Å². The maximum Gasteiger partial charge on any atom is 0.433 e. The molecule has 1 saturated heterocycles. The molecule has 3 rings (SSSR count). The number of pyridine rings is 2. The fourth-order valence-electron chi connectivity index (χ4n) is 3.52. The molecule has 0 saturated carbocycles. The van der Waals surface area contributed by atoms with E-state index in [1.54, 1.807) is 13.0 Å². The summed E-state index contributed by atoms with van der Waals surface area (Å²) in [5.41, 5.74) is -0.0452. The first-order valence-corrected chi connectivity index (χ1v) is 10.4. The van der Waals surface area contributed by atoms with Crippen molar-refractivity contribution in [2.45, 2.75) is 39.4 Å². The van der Waals surface area contributed by atoms with Gasteiger partial charge in [-0.3, -0.25) is 9.69 Å². The number of rotatable bonds is 6. The van der Waals surface area contributed by atoms with E-state index in [0.29, 0.717) is 17.3 Å². The Hall–Kier alpha value is -2.88. The van der Waals surface area contributed by atoms with Crippen LogP contribution >= 0.6 is 11.6 Å². The summed E-state index contributed by atoms with van der Waals surface area (Å²) < 4.78 is 38.4. The van der Waals surface area contributed by atoms with Crippen LogP contribution in [0.3, 0.4) is 0 Å². The van der Waals surface area contributed by atoms with Gasteiger partial charge in [0.2, 0.25) is 5.91 Å². The third-order valence-electron chi connectivity index (χ3n) is 5.03. The summed E-state index contributed by atoms with van der Waals surface area (Å²) in [7, 11) is 0. The number of nitrogens with one attached hydrogen (secondary N) is 1. The van der Waals surface area contributed by atoms with Gasteiger partial charge >= 0.3 is 12.2 Å². The Morgan fingerprint density at radius 2 is 2.00 bits per heavy atom. The summed E-state index contributed by atoms with van der Waals surface area (Å²) in [6.07, 6.45) is -1.49. The van der Waals surface area contributed by atoms with E-state index < -0.39 is 23.8 Å². The van der Waals surface area contributed by atoms with Gasteiger partial charge in [0.15, 0.2) is 0 Å². The largest absolute Gasteiger partial charge is 0.433 e. The first-order chi connectivity index (χ1) is 15.0. The lowest BCUT2D eigenvalue weighted by molar-refractivity contribution is -0.141. The zero-order chi connectivity index (χ0) is 23.6. The number of hydrogen-bond donors (Lipinski definition) is 1. The van der Waals surface area contributed by atoms with Crippen molar-refractivity contribution in [1.29, 1.82) is 0 Å². The quantitative estimate of drug-likeness (QED) is 0.662. The maximum atomic E-state index is 13.1. The Bertz CT molecular complexity index is 998. The molecule has 7 nitrogen and oxygen atoms in total. The van der Waals surface area contributed by atoms with Crippen molar-refractivity contribution >= 4 is 35.0 Å². The number of carbonyl (C=O) groups is 2. The summed E-state index contributed by atoms with van der Waals surface area (Å²) in [4.78, 5) is 35.9. The van der Waals surface area contributed by atoms with Crippen molar-refractivity contribution in [3.63, 3.8) is 0 Å². The van der Waals surface area contributed by atoms with Crippen LogP contribution in [0.25, 0.3) is 0 Å². The van der Waals surface area contributed by atoms with Gasteiger partial charge in [0, 0.05) is 12.7 Å². The minimum absolute atomic E-state index is 0.218. The van der Waals surface area contributed by atoms with Gasteiger partial charge in [-0.25, -0.2) is 14.8 Å². The van der Waals surface area contributed by atoms with Crippen LogP contribution in [0.4, 0.5) is 29.5 Å². The fourth-order valence-corrected chi connectivity index (χ4v) is 3.62. The van der Waals surface area contributed by atoms with E-state index in [0.717, 1.165) is 17.8 Å². The number of aryl methyl sites for hydroxylation is 1. The van der Waals surface area contributed by atoms with Gasteiger partial charge in [-0.15, -0.1) is 0 Å². The number of aromatic nitrogens is 2. The van der Waals surface area contributed by atoms with E-state index in [-0.39, 0.29) is 30.7 Å². The summed E-state index contributed by atoms with van der Waals surface area (Å²) in [6, 6.07) is 2.93. The molecule has 0 spiro atoms. The molecule has 3 heterocycles. The van der Waals surface area contributed by atoms with Crippen LogP contribution in [0.2, 0.25) is 5.02 Å². The second-order valence-corrected chi connectivity index (χ2v) is 8.48. The number of halogens is 4. The van der Waals surface area contributed by atoms with Gasteiger partial charge in [-0.05, 0) is 43.0 Å². The highest BCUT2D eigenvalue weighted by Gasteiger charge is 2.40. The zero-order valence-electron chi connectivity index (χ0n) is 17.8. The molecule has 3 amide bonds.